The summed E-state index contributed by atoms with van der Waals surface area (Å²) in [5.41, 5.74) is 4.50. The van der Waals surface area contributed by atoms with Gasteiger partial charge in [-0.1, -0.05) is 83.6 Å². The van der Waals surface area contributed by atoms with Crippen molar-refractivity contribution >= 4 is 39.3 Å². The summed E-state index contributed by atoms with van der Waals surface area (Å²) in [6.45, 7) is 10.8. The van der Waals surface area contributed by atoms with E-state index >= 15 is 0 Å². The number of aromatic nitrogens is 1. The predicted octanol–water partition coefficient (Wildman–Crippen LogP) is 6.66. The summed E-state index contributed by atoms with van der Waals surface area (Å²) >= 11 is 4.75. The zero-order valence-corrected chi connectivity index (χ0v) is 27.8. The van der Waals surface area contributed by atoms with Crippen molar-refractivity contribution in [1.82, 2.24) is 4.57 Å². The molecule has 1 atom stereocenters. The van der Waals surface area contributed by atoms with Gasteiger partial charge in [0, 0.05) is 4.47 Å². The summed E-state index contributed by atoms with van der Waals surface area (Å²) < 4.78 is 20.5. The number of fused-ring (bicyclic) bond motifs is 1. The molecule has 7 nitrogen and oxygen atoms in total. The molecule has 44 heavy (non-hydrogen) atoms. The van der Waals surface area contributed by atoms with Crippen molar-refractivity contribution in [2.45, 2.75) is 53.2 Å². The Labute approximate surface area is 269 Å². The molecule has 0 saturated carbocycles. The lowest BCUT2D eigenvalue weighted by Crippen LogP contribution is -2.39. The van der Waals surface area contributed by atoms with Crippen LogP contribution in [-0.4, -0.2) is 23.8 Å². The number of allylic oxidation sites excluding steroid dienone is 1. The Balaban J connectivity index is 1.55. The molecule has 228 valence electrons. The molecule has 1 aliphatic rings. The second-order valence-electron chi connectivity index (χ2n) is 10.7. The second-order valence-corrected chi connectivity index (χ2v) is 12.6. The maximum atomic E-state index is 14.0. The van der Waals surface area contributed by atoms with Crippen LogP contribution in [0.1, 0.15) is 68.8 Å². The van der Waals surface area contributed by atoms with Gasteiger partial charge < -0.3 is 14.2 Å². The number of halogens is 1. The largest absolute Gasteiger partial charge is 0.490 e. The van der Waals surface area contributed by atoms with Gasteiger partial charge in [0.05, 0.1) is 35.1 Å². The van der Waals surface area contributed by atoms with E-state index in [9.17, 15) is 9.59 Å². The highest BCUT2D eigenvalue weighted by molar-refractivity contribution is 9.10. The van der Waals surface area contributed by atoms with E-state index in [0.29, 0.717) is 51.2 Å². The Bertz CT molecular complexity index is 1870. The van der Waals surface area contributed by atoms with Gasteiger partial charge in [0.2, 0.25) is 0 Å². The van der Waals surface area contributed by atoms with Crippen molar-refractivity contribution in [2.24, 2.45) is 4.99 Å². The van der Waals surface area contributed by atoms with Crippen LogP contribution in [-0.2, 0) is 16.1 Å². The summed E-state index contributed by atoms with van der Waals surface area (Å²) in [6.07, 6.45) is 1.83. The number of esters is 1. The van der Waals surface area contributed by atoms with Gasteiger partial charge in [-0.2, -0.15) is 0 Å². The highest BCUT2D eigenvalue weighted by Gasteiger charge is 2.33. The number of hydrogen-bond donors (Lipinski definition) is 0. The molecule has 0 saturated heterocycles. The van der Waals surface area contributed by atoms with Crippen LogP contribution in [0.25, 0.3) is 6.08 Å². The van der Waals surface area contributed by atoms with Gasteiger partial charge in [-0.3, -0.25) is 9.36 Å². The molecule has 0 fully saturated rings. The third-order valence-electron chi connectivity index (χ3n) is 7.31. The van der Waals surface area contributed by atoms with Crippen molar-refractivity contribution < 1.29 is 19.0 Å². The summed E-state index contributed by atoms with van der Waals surface area (Å²) in [5.74, 6) is 1.09. The van der Waals surface area contributed by atoms with Crippen LogP contribution in [0.3, 0.4) is 0 Å². The van der Waals surface area contributed by atoms with E-state index in [-0.39, 0.29) is 12.2 Å². The summed E-state index contributed by atoms with van der Waals surface area (Å²) in [5, 5.41) is 0. The third-order valence-corrected chi connectivity index (χ3v) is 8.82. The lowest BCUT2D eigenvalue weighted by atomic mass is 9.93. The Morgan fingerprint density at radius 1 is 1.00 bits per heavy atom. The van der Waals surface area contributed by atoms with Gasteiger partial charge in [0.1, 0.15) is 6.61 Å². The topological polar surface area (TPSA) is 79.1 Å². The van der Waals surface area contributed by atoms with E-state index in [1.54, 1.807) is 18.4 Å². The molecule has 0 amide bonds. The SMILES string of the molecule is CCOC(=O)C1=C(C)N=c2s/c(=C\c3ccc(OCc4ccc(Br)cc4)c(OCC)c3)c(=O)n2[C@H]1c1ccc(C(C)C)cc1. The molecule has 0 N–H and O–H groups in total. The van der Waals surface area contributed by atoms with Crippen LogP contribution in [0, 0.1) is 0 Å². The van der Waals surface area contributed by atoms with Crippen LogP contribution >= 0.6 is 27.3 Å². The number of hydrogen-bond acceptors (Lipinski definition) is 7. The number of thiazole rings is 1. The van der Waals surface area contributed by atoms with E-state index in [0.717, 1.165) is 21.2 Å². The number of carbonyl (C=O) groups is 1. The molecule has 3 aromatic carbocycles. The zero-order chi connectivity index (χ0) is 31.4. The maximum Gasteiger partial charge on any atom is 0.338 e. The van der Waals surface area contributed by atoms with Crippen LogP contribution < -0.4 is 24.4 Å². The van der Waals surface area contributed by atoms with Crippen molar-refractivity contribution in [3.05, 3.63) is 124 Å². The van der Waals surface area contributed by atoms with Gasteiger partial charge in [0.15, 0.2) is 16.3 Å². The molecule has 0 unspecified atom stereocenters. The molecule has 0 spiro atoms. The van der Waals surface area contributed by atoms with Gasteiger partial charge in [-0.25, -0.2) is 9.79 Å². The van der Waals surface area contributed by atoms with Gasteiger partial charge in [-0.15, -0.1) is 0 Å². The third kappa shape index (κ3) is 6.74. The molecular weight excluding hydrogens is 640 g/mol. The first kappa shape index (κ1) is 31.5. The molecule has 4 aromatic rings. The molecule has 1 aliphatic heterocycles. The molecule has 1 aromatic heterocycles. The lowest BCUT2D eigenvalue weighted by Gasteiger charge is -2.25. The molecule has 5 rings (SSSR count). The fraction of sp³-hybridized carbons (Fsp3) is 0.286. The van der Waals surface area contributed by atoms with E-state index < -0.39 is 12.0 Å². The molecule has 0 bridgehead atoms. The molecular formula is C35H35BrN2O5S. The Morgan fingerprint density at radius 3 is 2.39 bits per heavy atom. The first-order valence-electron chi connectivity index (χ1n) is 14.6. The van der Waals surface area contributed by atoms with E-state index in [1.165, 1.54) is 16.9 Å². The van der Waals surface area contributed by atoms with Crippen LogP contribution in [0.4, 0.5) is 0 Å². The zero-order valence-electron chi connectivity index (χ0n) is 25.4. The summed E-state index contributed by atoms with van der Waals surface area (Å²) in [7, 11) is 0. The standard InChI is InChI=1S/C35H35BrN2O5S/c1-6-41-29-18-24(10-17-28(29)43-20-23-8-15-27(36)16-9-23)19-30-33(39)38-32(26-13-11-25(12-14-26)21(3)4)31(34(40)42-7-2)22(5)37-35(38)44-30/h8-19,21,32H,6-7,20H2,1-5H3/b30-19-/t32-/m0/s1. The van der Waals surface area contributed by atoms with Gasteiger partial charge in [0.25, 0.3) is 5.56 Å². The molecule has 0 radical (unpaired) electrons. The van der Waals surface area contributed by atoms with Crippen molar-refractivity contribution in [3.8, 4) is 11.5 Å². The average Bonchev–Trinajstić information content (AvgIpc) is 3.31. The fourth-order valence-corrected chi connectivity index (χ4v) is 6.38. The number of nitrogens with zero attached hydrogens (tertiary/aromatic N) is 2. The molecule has 9 heteroatoms. The Hall–Kier alpha value is -3.95. The van der Waals surface area contributed by atoms with E-state index in [1.807, 2.05) is 79.7 Å². The van der Waals surface area contributed by atoms with Crippen molar-refractivity contribution in [2.75, 3.05) is 13.2 Å². The number of rotatable bonds is 10. The Morgan fingerprint density at radius 2 is 1.73 bits per heavy atom. The monoisotopic (exact) mass is 674 g/mol. The Kier molecular flexibility index (Phi) is 9.86. The van der Waals surface area contributed by atoms with Crippen molar-refractivity contribution in [3.63, 3.8) is 0 Å². The minimum Gasteiger partial charge on any atom is -0.490 e. The average molecular weight is 676 g/mol. The van der Waals surface area contributed by atoms with Crippen molar-refractivity contribution in [1.29, 1.82) is 0 Å². The number of carbonyl (C=O) groups excluding carboxylic acids is 1. The minimum absolute atomic E-state index is 0.226. The lowest BCUT2D eigenvalue weighted by molar-refractivity contribution is -0.139. The first-order valence-corrected chi connectivity index (χ1v) is 16.2. The normalized spacial score (nSPS) is 14.8. The van der Waals surface area contributed by atoms with Crippen LogP contribution in [0.15, 0.2) is 92.3 Å². The van der Waals surface area contributed by atoms with Gasteiger partial charge in [-0.05, 0) is 79.3 Å². The van der Waals surface area contributed by atoms with E-state index in [4.69, 9.17) is 14.2 Å². The smallest absolute Gasteiger partial charge is 0.338 e. The number of benzene rings is 3. The highest BCUT2D eigenvalue weighted by Crippen LogP contribution is 2.32. The second kappa shape index (κ2) is 13.8. The molecule has 0 aliphatic carbocycles. The number of ether oxygens (including phenoxy) is 3. The summed E-state index contributed by atoms with van der Waals surface area (Å²) in [4.78, 5) is 32.4. The minimum atomic E-state index is -0.651. The predicted molar refractivity (Wildman–Crippen MR) is 177 cm³/mol. The van der Waals surface area contributed by atoms with E-state index in [2.05, 4.69) is 34.8 Å². The first-order chi connectivity index (χ1) is 21.2. The fourth-order valence-electron chi connectivity index (χ4n) is 5.07. The highest BCUT2D eigenvalue weighted by atomic mass is 79.9. The summed E-state index contributed by atoms with van der Waals surface area (Å²) in [6, 6.07) is 21.0. The quantitative estimate of drug-likeness (QED) is 0.176. The maximum absolute atomic E-state index is 14.0. The molecule has 2 heterocycles. The van der Waals surface area contributed by atoms with Crippen LogP contribution in [0.5, 0.6) is 11.5 Å². The van der Waals surface area contributed by atoms with Crippen LogP contribution in [0.2, 0.25) is 0 Å². The van der Waals surface area contributed by atoms with Gasteiger partial charge >= 0.3 is 5.97 Å².